The van der Waals surface area contributed by atoms with E-state index in [4.69, 9.17) is 25.9 Å². The third-order valence-corrected chi connectivity index (χ3v) is 6.11. The van der Waals surface area contributed by atoms with E-state index >= 15 is 0 Å². The Balaban J connectivity index is 0. The van der Waals surface area contributed by atoms with Gasteiger partial charge in [0, 0.05) is 0 Å². The molecule has 8 nitrogen and oxygen atoms in total. The van der Waals surface area contributed by atoms with Crippen LogP contribution in [0.25, 0.3) is 0 Å². The summed E-state index contributed by atoms with van der Waals surface area (Å²) in [5, 5.41) is 0. The highest BCUT2D eigenvalue weighted by atomic mass is 32.3. The molecule has 0 aromatic heterocycles. The minimum absolute atomic E-state index is 0.246. The van der Waals surface area contributed by atoms with Crippen LogP contribution >= 0.6 is 0 Å². The van der Waals surface area contributed by atoms with Crippen molar-refractivity contribution in [3.05, 3.63) is 0 Å². The van der Waals surface area contributed by atoms with Gasteiger partial charge in [0.25, 0.3) is 0 Å². The molecule has 0 unspecified atom stereocenters. The lowest BCUT2D eigenvalue weighted by Gasteiger charge is -2.06. The Morgan fingerprint density at radius 3 is 0.909 bits per heavy atom. The average Bonchev–Trinajstić information content (AvgIpc) is 2.72. The highest BCUT2D eigenvalue weighted by Gasteiger charge is 2.11. The van der Waals surface area contributed by atoms with Gasteiger partial charge in [-0.1, -0.05) is 123 Å². The van der Waals surface area contributed by atoms with Crippen LogP contribution in [-0.2, 0) is 29.2 Å². The van der Waals surface area contributed by atoms with Gasteiger partial charge in [-0.15, -0.1) is 0 Å². The van der Waals surface area contributed by atoms with Crippen LogP contribution in [-0.4, -0.2) is 39.2 Å². The van der Waals surface area contributed by atoms with Crippen molar-refractivity contribution in [2.24, 2.45) is 0 Å². The number of unbranched alkanes of at least 4 members (excludes halogenated alkanes) is 17. The zero-order valence-corrected chi connectivity index (χ0v) is 22.6. The second kappa shape index (κ2) is 24.9. The lowest BCUT2D eigenvalue weighted by molar-refractivity contribution is 0.208. The highest BCUT2D eigenvalue weighted by molar-refractivity contribution is 7.81. The summed E-state index contributed by atoms with van der Waals surface area (Å²) in [6, 6.07) is 0. The van der Waals surface area contributed by atoms with Crippen molar-refractivity contribution >= 4 is 20.8 Å². The molecule has 0 heterocycles. The van der Waals surface area contributed by atoms with Crippen LogP contribution < -0.4 is 0 Å². The van der Waals surface area contributed by atoms with Gasteiger partial charge in [-0.3, -0.25) is 9.11 Å². The molecule has 0 aliphatic heterocycles. The van der Waals surface area contributed by atoms with Crippen LogP contribution in [0.15, 0.2) is 0 Å². The normalized spacial score (nSPS) is 11.9. The van der Waals surface area contributed by atoms with Crippen molar-refractivity contribution in [2.45, 2.75) is 136 Å². The molecule has 0 spiro atoms. The smallest absolute Gasteiger partial charge is 0.264 e. The molecule has 0 aromatic carbocycles. The zero-order chi connectivity index (χ0) is 25.3. The van der Waals surface area contributed by atoms with Crippen LogP contribution in [0.5, 0.6) is 0 Å². The van der Waals surface area contributed by atoms with E-state index < -0.39 is 20.8 Å². The van der Waals surface area contributed by atoms with E-state index in [-0.39, 0.29) is 13.2 Å². The maximum absolute atomic E-state index is 11.7. The molecular formula is C23H50O8S2. The van der Waals surface area contributed by atoms with Crippen molar-refractivity contribution in [2.75, 3.05) is 13.2 Å². The molecule has 2 N–H and O–H groups in total. The van der Waals surface area contributed by atoms with Gasteiger partial charge in [0.2, 0.25) is 0 Å². The minimum Gasteiger partial charge on any atom is -0.264 e. The Labute approximate surface area is 204 Å². The van der Waals surface area contributed by atoms with Crippen LogP contribution in [0, 0.1) is 0 Å². The summed E-state index contributed by atoms with van der Waals surface area (Å²) in [5.74, 6) is 0. The standard InChI is InChI=1S/C23H48O4S.H2O4S/c1-3-5-7-9-11-13-15-17-19-21-23-27-28(24,25)26-22-20-18-16-14-12-10-8-6-4-2;1-5(2,3)4/h3-23H2,1-2H3;(H2,1,2,3,4). The molecule has 0 bridgehead atoms. The van der Waals surface area contributed by atoms with Gasteiger partial charge in [0.1, 0.15) is 0 Å². The Hall–Kier alpha value is -0.260. The van der Waals surface area contributed by atoms with Crippen molar-refractivity contribution < 1.29 is 34.3 Å². The molecule has 0 saturated heterocycles. The summed E-state index contributed by atoms with van der Waals surface area (Å²) < 4.78 is 64.8. The predicted octanol–water partition coefficient (Wildman–Crippen LogP) is 7.06. The molecule has 0 atom stereocenters. The number of rotatable bonds is 23. The van der Waals surface area contributed by atoms with E-state index in [1.165, 1.54) is 83.5 Å². The van der Waals surface area contributed by atoms with Gasteiger partial charge in [-0.25, -0.2) is 8.37 Å². The van der Waals surface area contributed by atoms with Gasteiger partial charge in [-0.2, -0.15) is 16.8 Å². The van der Waals surface area contributed by atoms with E-state index in [2.05, 4.69) is 13.8 Å². The first-order valence-electron chi connectivity index (χ1n) is 12.9. The SMILES string of the molecule is CCCCCCCCCCCCOS(=O)(=O)OCCCCCCCCCCC.O=S(=O)(O)O. The van der Waals surface area contributed by atoms with E-state index in [1.807, 2.05) is 0 Å². The molecule has 0 amide bonds. The lowest BCUT2D eigenvalue weighted by atomic mass is 10.1. The fourth-order valence-electron chi connectivity index (χ4n) is 3.36. The maximum atomic E-state index is 11.7. The van der Waals surface area contributed by atoms with Gasteiger partial charge >= 0.3 is 20.8 Å². The molecule has 0 radical (unpaired) electrons. The molecule has 0 aromatic rings. The monoisotopic (exact) mass is 518 g/mol. The zero-order valence-electron chi connectivity index (χ0n) is 21.0. The van der Waals surface area contributed by atoms with E-state index in [0.717, 1.165) is 38.5 Å². The number of hydrogen-bond acceptors (Lipinski definition) is 6. The summed E-state index contributed by atoms with van der Waals surface area (Å²) in [6.45, 7) is 4.96. The second-order valence-electron chi connectivity index (χ2n) is 8.51. The summed E-state index contributed by atoms with van der Waals surface area (Å²) in [6.07, 6.45) is 23.0. The van der Waals surface area contributed by atoms with E-state index in [9.17, 15) is 8.42 Å². The van der Waals surface area contributed by atoms with Gasteiger partial charge < -0.3 is 0 Å². The Bertz CT molecular complexity index is 584. The van der Waals surface area contributed by atoms with Crippen molar-refractivity contribution in [3.63, 3.8) is 0 Å². The summed E-state index contributed by atoms with van der Waals surface area (Å²) in [4.78, 5) is 0. The molecule has 0 aliphatic carbocycles. The Morgan fingerprint density at radius 2 is 0.667 bits per heavy atom. The molecule has 10 heteroatoms. The first-order chi connectivity index (χ1) is 15.6. The quantitative estimate of drug-likeness (QED) is 0.109. The molecule has 0 fully saturated rings. The van der Waals surface area contributed by atoms with Crippen molar-refractivity contribution in [3.8, 4) is 0 Å². The van der Waals surface area contributed by atoms with Crippen molar-refractivity contribution in [1.29, 1.82) is 0 Å². The molecule has 202 valence electrons. The Morgan fingerprint density at radius 1 is 0.455 bits per heavy atom. The van der Waals surface area contributed by atoms with Crippen LogP contribution in [0.2, 0.25) is 0 Å². The lowest BCUT2D eigenvalue weighted by Crippen LogP contribution is -2.12. The molecule has 0 rings (SSSR count). The summed E-state index contributed by atoms with van der Waals surface area (Å²) in [5.41, 5.74) is 0. The summed E-state index contributed by atoms with van der Waals surface area (Å²) in [7, 11) is -8.47. The Kier molecular flexibility index (Phi) is 26.3. The molecule has 0 saturated carbocycles. The number of hydrogen-bond donors (Lipinski definition) is 2. The second-order valence-corrected chi connectivity index (χ2v) is 10.7. The molecule has 33 heavy (non-hydrogen) atoms. The fraction of sp³-hybridized carbons (Fsp3) is 1.00. The van der Waals surface area contributed by atoms with Gasteiger partial charge in [0.15, 0.2) is 0 Å². The molecule has 0 aliphatic rings. The van der Waals surface area contributed by atoms with Gasteiger partial charge in [0.05, 0.1) is 13.2 Å². The first kappa shape index (κ1) is 34.9. The third-order valence-electron chi connectivity index (χ3n) is 5.20. The topological polar surface area (TPSA) is 127 Å². The predicted molar refractivity (Wildman–Crippen MR) is 134 cm³/mol. The largest absolute Gasteiger partial charge is 0.399 e. The van der Waals surface area contributed by atoms with Gasteiger partial charge in [-0.05, 0) is 12.8 Å². The average molecular weight is 519 g/mol. The molecular weight excluding hydrogens is 468 g/mol. The third kappa shape index (κ3) is 39.3. The highest BCUT2D eigenvalue weighted by Crippen LogP contribution is 2.12. The fourth-order valence-corrected chi connectivity index (χ4v) is 4.07. The van der Waals surface area contributed by atoms with E-state index in [1.54, 1.807) is 0 Å². The van der Waals surface area contributed by atoms with Crippen LogP contribution in [0.3, 0.4) is 0 Å². The van der Waals surface area contributed by atoms with Crippen LogP contribution in [0.4, 0.5) is 0 Å². The minimum atomic E-state index is -4.67. The van der Waals surface area contributed by atoms with Crippen LogP contribution in [0.1, 0.15) is 136 Å². The van der Waals surface area contributed by atoms with E-state index in [0.29, 0.717) is 0 Å². The first-order valence-corrected chi connectivity index (χ1v) is 15.6. The summed E-state index contributed by atoms with van der Waals surface area (Å²) >= 11 is 0. The maximum Gasteiger partial charge on any atom is 0.399 e. The van der Waals surface area contributed by atoms with Crippen molar-refractivity contribution in [1.82, 2.24) is 0 Å².